The van der Waals surface area contributed by atoms with Gasteiger partial charge in [0.1, 0.15) is 0 Å². The molecule has 0 amide bonds. The Kier molecular flexibility index (Phi) is 36.5. The molecule has 0 aliphatic heterocycles. The molecular formula is CH8F2LiO5P. The summed E-state index contributed by atoms with van der Waals surface area (Å²) in [6.45, 7) is 0. The molecule has 0 fully saturated rings. The number of phosphoric acid groups is 1. The van der Waals surface area contributed by atoms with Crippen LogP contribution in [0.15, 0.2) is 0 Å². The summed E-state index contributed by atoms with van der Waals surface area (Å²) in [6.07, 6.45) is 0. The Morgan fingerprint density at radius 2 is 1.20 bits per heavy atom. The first kappa shape index (κ1) is 22.4. The summed E-state index contributed by atoms with van der Waals surface area (Å²) < 4.78 is 26.9. The fraction of sp³-hybridized carbons (Fsp3) is 1.00. The molecular weight excluding hydrogens is 168 g/mol. The normalized spacial score (nSPS) is 7.10. The Balaban J connectivity index is -0.0000000178. The summed E-state index contributed by atoms with van der Waals surface area (Å²) >= 11 is 0. The van der Waals surface area contributed by atoms with Gasteiger partial charge in [0.05, 0.1) is 7.18 Å². The van der Waals surface area contributed by atoms with E-state index >= 15 is 0 Å². The Bertz CT molecular complexity index is 70.6. The molecule has 0 spiro atoms. The third-order valence-electron chi connectivity index (χ3n) is 0. The average Bonchev–Trinajstić information content (AvgIpc) is 1.72. The van der Waals surface area contributed by atoms with E-state index in [1.807, 2.05) is 0 Å². The van der Waals surface area contributed by atoms with Crippen LogP contribution in [0.4, 0.5) is 8.92 Å². The summed E-state index contributed by atoms with van der Waals surface area (Å²) in [5.74, 6) is 0. The molecule has 0 aromatic carbocycles. The number of hydrogen-bond donors (Lipinski definition) is 4. The number of hydrogen-bond acceptors (Lipinski definition) is 2. The molecule has 0 aliphatic rings. The first-order valence-corrected chi connectivity index (χ1v) is 2.89. The van der Waals surface area contributed by atoms with Gasteiger partial charge in [-0.1, -0.05) is 4.53 Å². The van der Waals surface area contributed by atoms with Crippen molar-refractivity contribution < 1.29 is 53.8 Å². The van der Waals surface area contributed by atoms with Crippen LogP contribution in [0.3, 0.4) is 0 Å². The van der Waals surface area contributed by atoms with Gasteiger partial charge in [0.2, 0.25) is 0 Å². The van der Waals surface area contributed by atoms with E-state index in [-0.39, 0.29) is 20.3 Å². The van der Waals surface area contributed by atoms with Crippen molar-refractivity contribution in [2.45, 2.75) is 0 Å². The van der Waals surface area contributed by atoms with Gasteiger partial charge in [0, 0.05) is 0 Å². The van der Waals surface area contributed by atoms with E-state index in [1.54, 1.807) is 0 Å². The van der Waals surface area contributed by atoms with Gasteiger partial charge in [-0.2, -0.15) is 0 Å². The maximum absolute atomic E-state index is 9.50. The van der Waals surface area contributed by atoms with Crippen molar-refractivity contribution in [3.63, 3.8) is 0 Å². The molecule has 0 saturated carbocycles. The quantitative estimate of drug-likeness (QED) is 0.228. The average molecular weight is 176 g/mol. The number of halogens is 2. The third-order valence-corrected chi connectivity index (χ3v) is 0. The van der Waals surface area contributed by atoms with E-state index in [9.17, 15) is 4.39 Å². The largest absolute Gasteiger partial charge is 1.00 e. The summed E-state index contributed by atoms with van der Waals surface area (Å²) in [7, 11) is -4.14. The van der Waals surface area contributed by atoms with E-state index in [0.717, 1.165) is 0 Å². The Hall–Kier alpha value is 0.527. The molecule has 9 heteroatoms. The zero-order valence-electron chi connectivity index (χ0n) is 6.40. The van der Waals surface area contributed by atoms with E-state index in [2.05, 4.69) is 0 Å². The maximum Gasteiger partial charge on any atom is 1.00 e. The van der Waals surface area contributed by atoms with Crippen molar-refractivity contribution >= 4 is 7.82 Å². The predicted molar refractivity (Wildman–Crippen MR) is 25.7 cm³/mol. The van der Waals surface area contributed by atoms with Crippen LogP contribution in [-0.2, 0) is 4.57 Å². The second-order valence-electron chi connectivity index (χ2n) is 0.513. The van der Waals surface area contributed by atoms with E-state index < -0.39 is 7.82 Å². The zero-order chi connectivity index (χ0) is 8.50. The van der Waals surface area contributed by atoms with Gasteiger partial charge < -0.3 is 16.1 Å². The molecule has 0 atom stereocenters. The molecule has 0 bridgehead atoms. The standard InChI is InChI=1S/CH3F.FHO.Li.H3O4P.H/c2*1-2;;1-5(2,3)4;/h1H3;2H;;(H3,1,2,3,4);/q;;+1;;-1. The fourth-order valence-corrected chi connectivity index (χ4v) is 0. The Morgan fingerprint density at radius 3 is 1.20 bits per heavy atom. The Labute approximate surface area is 69.5 Å². The summed E-state index contributed by atoms with van der Waals surface area (Å²) in [5, 5.41) is 5.50. The molecule has 0 aliphatic carbocycles. The van der Waals surface area contributed by atoms with Crippen LogP contribution in [0.1, 0.15) is 1.43 Å². The zero-order valence-corrected chi connectivity index (χ0v) is 6.29. The molecule has 5 nitrogen and oxygen atoms in total. The van der Waals surface area contributed by atoms with Crippen LogP contribution in [-0.4, -0.2) is 27.2 Å². The SMILES string of the molecule is CF.O=P(O)(O)O.OF.[H-].[Li+]. The minimum Gasteiger partial charge on any atom is -1.00 e. The molecule has 0 aromatic rings. The number of rotatable bonds is 0. The molecule has 0 saturated heterocycles. The molecule has 0 unspecified atom stereocenters. The van der Waals surface area contributed by atoms with Crippen LogP contribution >= 0.6 is 7.82 Å². The van der Waals surface area contributed by atoms with Crippen LogP contribution in [0, 0.1) is 0 Å². The van der Waals surface area contributed by atoms with Gasteiger partial charge in [-0.05, 0) is 0 Å². The van der Waals surface area contributed by atoms with Crippen molar-refractivity contribution in [1.29, 1.82) is 0 Å². The topological polar surface area (TPSA) is 98.0 Å². The predicted octanol–water partition coefficient (Wildman–Crippen LogP) is -3.36. The second-order valence-corrected chi connectivity index (χ2v) is 1.54. The van der Waals surface area contributed by atoms with Crippen LogP contribution in [0.25, 0.3) is 0 Å². The summed E-state index contributed by atoms with van der Waals surface area (Å²) in [5.41, 5.74) is 0. The van der Waals surface area contributed by atoms with Crippen LogP contribution in [0.2, 0.25) is 0 Å². The molecule has 10 heavy (non-hydrogen) atoms. The molecule has 0 aromatic heterocycles. The maximum atomic E-state index is 9.50. The molecule has 0 rings (SSSR count). The van der Waals surface area contributed by atoms with Crippen molar-refractivity contribution in [3.05, 3.63) is 0 Å². The molecule has 4 N–H and O–H groups in total. The number of alkyl halides is 1. The van der Waals surface area contributed by atoms with E-state index in [4.69, 9.17) is 29.1 Å². The van der Waals surface area contributed by atoms with Crippen molar-refractivity contribution in [3.8, 4) is 0 Å². The first-order chi connectivity index (χ1) is 4.00. The fourth-order valence-electron chi connectivity index (χ4n) is 0. The first-order valence-electron chi connectivity index (χ1n) is 1.33. The summed E-state index contributed by atoms with van der Waals surface area (Å²) in [4.78, 5) is 21.6. The van der Waals surface area contributed by atoms with Gasteiger partial charge in [-0.15, -0.1) is 0 Å². The smallest absolute Gasteiger partial charge is 1.00 e. The van der Waals surface area contributed by atoms with Gasteiger partial charge in [-0.3, -0.25) is 4.39 Å². The minimum absolute atomic E-state index is 0. The molecule has 0 heterocycles. The van der Waals surface area contributed by atoms with Gasteiger partial charge in [0.15, 0.2) is 0 Å². The van der Waals surface area contributed by atoms with Crippen molar-refractivity contribution in [2.75, 3.05) is 7.18 Å². The third kappa shape index (κ3) is 1740. The van der Waals surface area contributed by atoms with E-state index in [0.29, 0.717) is 7.18 Å². The molecule has 0 radical (unpaired) electrons. The monoisotopic (exact) mass is 176 g/mol. The molecule has 62 valence electrons. The van der Waals surface area contributed by atoms with Crippen molar-refractivity contribution in [2.24, 2.45) is 0 Å². The van der Waals surface area contributed by atoms with Gasteiger partial charge in [-0.25, -0.2) is 9.88 Å². The Morgan fingerprint density at radius 1 is 1.20 bits per heavy atom. The van der Waals surface area contributed by atoms with Gasteiger partial charge in [0.25, 0.3) is 0 Å². The van der Waals surface area contributed by atoms with Gasteiger partial charge >= 0.3 is 26.7 Å². The second kappa shape index (κ2) is 16.3. The van der Waals surface area contributed by atoms with Crippen LogP contribution < -0.4 is 18.9 Å². The summed E-state index contributed by atoms with van der Waals surface area (Å²) in [6, 6.07) is 0. The van der Waals surface area contributed by atoms with Crippen LogP contribution in [0.5, 0.6) is 0 Å². The van der Waals surface area contributed by atoms with Crippen molar-refractivity contribution in [1.82, 2.24) is 0 Å². The van der Waals surface area contributed by atoms with E-state index in [1.165, 1.54) is 0 Å². The minimum atomic E-state index is -4.64.